The number of carbonyl (C=O) groups is 1. The summed E-state index contributed by atoms with van der Waals surface area (Å²) >= 11 is 0. The monoisotopic (exact) mass is 151 g/mol. The highest BCUT2D eigenvalue weighted by molar-refractivity contribution is 5.86. The van der Waals surface area contributed by atoms with Crippen LogP contribution in [0.15, 0.2) is 22.1 Å². The summed E-state index contributed by atoms with van der Waals surface area (Å²) < 4.78 is 2.80. The predicted molar refractivity (Wildman–Crippen MR) is 37.6 cm³/mol. The zero-order chi connectivity index (χ0) is 7.84. The van der Waals surface area contributed by atoms with Gasteiger partial charge in [-0.25, -0.2) is 14.4 Å². The molecule has 0 bridgehead atoms. The molecule has 0 fully saturated rings. The van der Waals surface area contributed by atoms with Gasteiger partial charge in [-0.15, -0.1) is 0 Å². The van der Waals surface area contributed by atoms with Crippen molar-refractivity contribution in [3.8, 4) is 0 Å². The summed E-state index contributed by atoms with van der Waals surface area (Å²) in [5, 5.41) is 0. The molecule has 0 saturated carbocycles. The largest absolute Gasteiger partial charge is 0.270 e. The summed E-state index contributed by atoms with van der Waals surface area (Å²) in [6, 6.07) is 1.39. The van der Waals surface area contributed by atoms with E-state index in [-0.39, 0.29) is 18.0 Å². The molecule has 56 valence electrons. The molecule has 0 saturated heterocycles. The van der Waals surface area contributed by atoms with Crippen LogP contribution in [0.2, 0.25) is 0 Å². The lowest BCUT2D eigenvalue weighted by Gasteiger charge is -2.07. The maximum Gasteiger partial charge on any atom is 0.268 e. The second kappa shape index (κ2) is 1.91. The van der Waals surface area contributed by atoms with Crippen molar-refractivity contribution in [3.63, 3.8) is 0 Å². The maximum absolute atomic E-state index is 10.9. The summed E-state index contributed by atoms with van der Waals surface area (Å²) in [5.41, 5.74) is -0.176. The third-order valence-corrected chi connectivity index (χ3v) is 1.51. The molecule has 0 N–H and O–H groups in total. The van der Waals surface area contributed by atoms with Crippen LogP contribution in [0.4, 0.5) is 0 Å². The topological polar surface area (TPSA) is 56.4 Å². The highest BCUT2D eigenvalue weighted by Crippen LogP contribution is 1.91. The number of hydrogen-bond acceptors (Lipinski definition) is 2. The summed E-state index contributed by atoms with van der Waals surface area (Å²) in [4.78, 5) is 25.2. The standard InChI is InChI=1S/C6H5N3O2/c10-5-3-9-6(11)1-2-8(9)4-7-5/h1-2,4H,3H2. The summed E-state index contributed by atoms with van der Waals surface area (Å²) in [5.74, 6) is -0.293. The van der Waals surface area contributed by atoms with E-state index in [9.17, 15) is 9.59 Å². The molecular weight excluding hydrogens is 146 g/mol. The summed E-state index contributed by atoms with van der Waals surface area (Å²) in [6.07, 6.45) is 2.89. The highest BCUT2D eigenvalue weighted by Gasteiger charge is 2.10. The van der Waals surface area contributed by atoms with Gasteiger partial charge in [-0.05, 0) is 0 Å². The zero-order valence-electron chi connectivity index (χ0n) is 5.60. The SMILES string of the molecule is O=C1Cn2c(=O)ccn2C=N1. The Bertz CT molecular complexity index is 385. The molecule has 1 aromatic rings. The molecule has 5 heteroatoms. The van der Waals surface area contributed by atoms with Crippen LogP contribution in [0.3, 0.4) is 0 Å². The van der Waals surface area contributed by atoms with E-state index < -0.39 is 0 Å². The molecule has 0 atom stereocenters. The van der Waals surface area contributed by atoms with E-state index in [2.05, 4.69) is 4.99 Å². The van der Waals surface area contributed by atoms with Gasteiger partial charge in [0.05, 0.1) is 0 Å². The smallest absolute Gasteiger partial charge is 0.268 e. The second-order valence-corrected chi connectivity index (χ2v) is 2.23. The number of carbonyl (C=O) groups excluding carboxylic acids is 1. The first-order chi connectivity index (χ1) is 5.27. The van der Waals surface area contributed by atoms with Crippen LogP contribution in [0.1, 0.15) is 0 Å². The van der Waals surface area contributed by atoms with Crippen LogP contribution in [0.5, 0.6) is 0 Å². The fourth-order valence-corrected chi connectivity index (χ4v) is 0.973. The Morgan fingerprint density at radius 1 is 1.45 bits per heavy atom. The molecular formula is C6H5N3O2. The van der Waals surface area contributed by atoms with Crippen LogP contribution in [-0.2, 0) is 11.3 Å². The molecule has 1 aromatic heterocycles. The zero-order valence-corrected chi connectivity index (χ0v) is 5.60. The van der Waals surface area contributed by atoms with Gasteiger partial charge in [0.25, 0.3) is 11.5 Å². The molecule has 0 radical (unpaired) electrons. The molecule has 1 aliphatic rings. The number of fused-ring (bicyclic) bond motifs is 1. The van der Waals surface area contributed by atoms with Gasteiger partial charge in [0.2, 0.25) is 0 Å². The lowest BCUT2D eigenvalue weighted by Crippen LogP contribution is -2.29. The minimum Gasteiger partial charge on any atom is -0.270 e. The van der Waals surface area contributed by atoms with Crippen molar-refractivity contribution in [2.45, 2.75) is 6.54 Å². The first-order valence-corrected chi connectivity index (χ1v) is 3.12. The van der Waals surface area contributed by atoms with Gasteiger partial charge >= 0.3 is 0 Å². The number of hydrogen-bond donors (Lipinski definition) is 0. The maximum atomic E-state index is 10.9. The third-order valence-electron chi connectivity index (χ3n) is 1.51. The normalized spacial score (nSPS) is 15.1. The number of amides is 1. The lowest BCUT2D eigenvalue weighted by atomic mass is 10.6. The minimum absolute atomic E-state index is 0.0440. The van der Waals surface area contributed by atoms with Gasteiger partial charge in [-0.2, -0.15) is 0 Å². The molecule has 0 spiro atoms. The first kappa shape index (κ1) is 6.09. The van der Waals surface area contributed by atoms with E-state index in [4.69, 9.17) is 0 Å². The van der Waals surface area contributed by atoms with Crippen LogP contribution in [0.25, 0.3) is 0 Å². The van der Waals surface area contributed by atoms with Gasteiger partial charge in [-0.1, -0.05) is 0 Å². The molecule has 2 heterocycles. The van der Waals surface area contributed by atoms with E-state index >= 15 is 0 Å². The van der Waals surface area contributed by atoms with Crippen LogP contribution >= 0.6 is 0 Å². The van der Waals surface area contributed by atoms with Crippen molar-refractivity contribution < 1.29 is 4.79 Å². The molecule has 1 amide bonds. The lowest BCUT2D eigenvalue weighted by molar-refractivity contribution is -0.118. The van der Waals surface area contributed by atoms with Gasteiger partial charge in [0.15, 0.2) is 0 Å². The number of nitrogens with zero attached hydrogens (tertiary/aromatic N) is 3. The van der Waals surface area contributed by atoms with Crippen molar-refractivity contribution in [3.05, 3.63) is 22.6 Å². The average molecular weight is 151 g/mol. The van der Waals surface area contributed by atoms with Crippen LogP contribution < -0.4 is 5.56 Å². The molecule has 0 aromatic carbocycles. The van der Waals surface area contributed by atoms with Gasteiger partial charge in [0, 0.05) is 12.3 Å². The van der Waals surface area contributed by atoms with Crippen molar-refractivity contribution in [1.82, 2.24) is 9.36 Å². The molecule has 2 rings (SSSR count). The van der Waals surface area contributed by atoms with Gasteiger partial charge < -0.3 is 0 Å². The Labute approximate surface area is 61.6 Å². The Morgan fingerprint density at radius 3 is 3.09 bits per heavy atom. The Kier molecular flexibility index (Phi) is 1.06. The Balaban J connectivity index is 2.66. The number of rotatable bonds is 0. The van der Waals surface area contributed by atoms with E-state index in [1.807, 2.05) is 0 Å². The van der Waals surface area contributed by atoms with Crippen molar-refractivity contribution >= 4 is 12.2 Å². The van der Waals surface area contributed by atoms with Gasteiger partial charge in [0.1, 0.15) is 12.9 Å². The van der Waals surface area contributed by atoms with Gasteiger partial charge in [-0.3, -0.25) is 9.59 Å². The second-order valence-electron chi connectivity index (χ2n) is 2.23. The Hall–Kier alpha value is -1.65. The van der Waals surface area contributed by atoms with E-state index in [0.717, 1.165) is 0 Å². The minimum atomic E-state index is -0.293. The quantitative estimate of drug-likeness (QED) is 0.480. The first-order valence-electron chi connectivity index (χ1n) is 3.12. The highest BCUT2D eigenvalue weighted by atomic mass is 16.2. The number of aromatic nitrogens is 2. The third kappa shape index (κ3) is 0.813. The van der Waals surface area contributed by atoms with E-state index in [0.29, 0.717) is 0 Å². The number of aliphatic imine (C=N–C) groups is 1. The van der Waals surface area contributed by atoms with E-state index in [1.54, 1.807) is 6.20 Å². The van der Waals surface area contributed by atoms with Crippen molar-refractivity contribution in [2.24, 2.45) is 4.99 Å². The fourth-order valence-electron chi connectivity index (χ4n) is 0.973. The van der Waals surface area contributed by atoms with Crippen LogP contribution in [-0.4, -0.2) is 21.6 Å². The fraction of sp³-hybridized carbons (Fsp3) is 0.167. The Morgan fingerprint density at radius 2 is 2.27 bits per heavy atom. The van der Waals surface area contributed by atoms with Crippen LogP contribution in [0, 0.1) is 0 Å². The molecule has 1 aliphatic heterocycles. The summed E-state index contributed by atoms with van der Waals surface area (Å²) in [7, 11) is 0. The molecule has 11 heavy (non-hydrogen) atoms. The van der Waals surface area contributed by atoms with Crippen molar-refractivity contribution in [2.75, 3.05) is 0 Å². The predicted octanol–water partition coefficient (Wildman–Crippen LogP) is -0.934. The average Bonchev–Trinajstić information content (AvgIpc) is 2.33. The van der Waals surface area contributed by atoms with Crippen molar-refractivity contribution in [1.29, 1.82) is 0 Å². The summed E-state index contributed by atoms with van der Waals surface area (Å²) in [6.45, 7) is 0.0440. The molecule has 0 aliphatic carbocycles. The molecule has 5 nitrogen and oxygen atoms in total. The van der Waals surface area contributed by atoms with E-state index in [1.165, 1.54) is 21.8 Å². The molecule has 0 unspecified atom stereocenters.